The highest BCUT2D eigenvalue weighted by molar-refractivity contribution is 7.11. The minimum absolute atomic E-state index is 0. The number of rotatable bonds is 6. The quantitative estimate of drug-likeness (QED) is 0.554. The van der Waals surface area contributed by atoms with E-state index in [1.807, 2.05) is 48.0 Å². The smallest absolute Gasteiger partial charge is 0.289 e. The maximum atomic E-state index is 5.39. The number of nitrogens with zero attached hydrogens (tertiary/aromatic N) is 2. The number of halogens is 1. The van der Waals surface area contributed by atoms with Crippen LogP contribution in [0.2, 0.25) is 0 Å². The molecule has 6 heteroatoms. The van der Waals surface area contributed by atoms with E-state index in [2.05, 4.69) is 11.7 Å². The number of aryl methyl sites for hydroxylation is 1. The summed E-state index contributed by atoms with van der Waals surface area (Å²) in [6.45, 7) is 6.45. The van der Waals surface area contributed by atoms with Gasteiger partial charge in [-0.2, -0.15) is 0 Å². The van der Waals surface area contributed by atoms with E-state index in [-0.39, 0.29) is 12.4 Å². The molecule has 22 heavy (non-hydrogen) atoms. The van der Waals surface area contributed by atoms with Crippen molar-refractivity contribution in [1.29, 1.82) is 0 Å². The van der Waals surface area contributed by atoms with Crippen LogP contribution in [-0.2, 0) is 6.54 Å². The van der Waals surface area contributed by atoms with Gasteiger partial charge < -0.3 is 21.9 Å². The van der Waals surface area contributed by atoms with E-state index < -0.39 is 0 Å². The van der Waals surface area contributed by atoms with Crippen LogP contribution < -0.4 is 26.6 Å². The van der Waals surface area contributed by atoms with Crippen LogP contribution in [0.25, 0.3) is 12.2 Å². The van der Waals surface area contributed by atoms with E-state index in [1.54, 1.807) is 25.6 Å². The summed E-state index contributed by atoms with van der Waals surface area (Å²) in [6.07, 6.45) is 5.90. The van der Waals surface area contributed by atoms with E-state index >= 15 is 0 Å². The molecule has 2 aromatic rings. The Balaban J connectivity index is 0.00000242. The lowest BCUT2D eigenvalue weighted by Gasteiger charge is -2.06. The lowest BCUT2D eigenvalue weighted by atomic mass is 10.2. The topological polar surface area (TPSA) is 35.2 Å². The SMILES string of the molecule is C=CC[n+]1nc(C)sc1/C=C/c1ccc(OC)cc1OC.[Cl-]. The molecule has 0 spiro atoms. The Morgan fingerprint density at radius 1 is 1.27 bits per heavy atom. The van der Waals surface area contributed by atoms with Crippen LogP contribution in [0, 0.1) is 6.92 Å². The first-order valence-corrected chi connectivity index (χ1v) is 7.38. The van der Waals surface area contributed by atoms with Crippen LogP contribution >= 0.6 is 11.3 Å². The van der Waals surface area contributed by atoms with Gasteiger partial charge >= 0.3 is 0 Å². The molecular formula is C16H19ClN2O2S. The normalized spacial score (nSPS) is 10.3. The monoisotopic (exact) mass is 338 g/mol. The maximum Gasteiger partial charge on any atom is 0.289 e. The third-order valence-electron chi connectivity index (χ3n) is 2.92. The number of benzene rings is 1. The molecule has 0 N–H and O–H groups in total. The zero-order chi connectivity index (χ0) is 15.2. The van der Waals surface area contributed by atoms with Crippen molar-refractivity contribution in [2.75, 3.05) is 14.2 Å². The Kier molecular flexibility index (Phi) is 7.08. The van der Waals surface area contributed by atoms with E-state index in [9.17, 15) is 0 Å². The first kappa shape index (κ1) is 18.2. The average molecular weight is 339 g/mol. The van der Waals surface area contributed by atoms with Gasteiger partial charge in [0.25, 0.3) is 5.01 Å². The average Bonchev–Trinajstić information content (AvgIpc) is 2.85. The fraction of sp³-hybridized carbons (Fsp3) is 0.250. The van der Waals surface area contributed by atoms with Crippen molar-refractivity contribution < 1.29 is 26.6 Å². The second-order valence-electron chi connectivity index (χ2n) is 4.37. The van der Waals surface area contributed by atoms with Crippen molar-refractivity contribution in [1.82, 2.24) is 5.10 Å². The van der Waals surface area contributed by atoms with E-state index in [0.29, 0.717) is 6.54 Å². The molecule has 0 aliphatic carbocycles. The first-order valence-electron chi connectivity index (χ1n) is 6.56. The fourth-order valence-electron chi connectivity index (χ4n) is 1.93. The molecule has 2 rings (SSSR count). The Bertz CT molecular complexity index is 668. The summed E-state index contributed by atoms with van der Waals surface area (Å²) in [5.41, 5.74) is 0.995. The zero-order valence-corrected chi connectivity index (χ0v) is 14.4. The van der Waals surface area contributed by atoms with Crippen molar-refractivity contribution in [3.05, 3.63) is 46.4 Å². The van der Waals surface area contributed by atoms with Gasteiger partial charge in [0.15, 0.2) is 11.6 Å². The molecule has 0 atom stereocenters. The van der Waals surface area contributed by atoms with Crippen molar-refractivity contribution >= 4 is 23.5 Å². The second kappa shape index (κ2) is 8.56. The van der Waals surface area contributed by atoms with Gasteiger partial charge in [-0.15, -0.1) is 0 Å². The summed E-state index contributed by atoms with van der Waals surface area (Å²) in [4.78, 5) is 0. The number of hydrogen-bond donors (Lipinski definition) is 0. The van der Waals surface area contributed by atoms with Crippen molar-refractivity contribution in [2.24, 2.45) is 0 Å². The predicted molar refractivity (Wildman–Crippen MR) is 85.7 cm³/mol. The number of aromatic nitrogens is 2. The minimum atomic E-state index is 0. The van der Waals surface area contributed by atoms with Crippen molar-refractivity contribution in [3.63, 3.8) is 0 Å². The minimum Gasteiger partial charge on any atom is -1.00 e. The molecule has 0 saturated heterocycles. The van der Waals surface area contributed by atoms with Gasteiger partial charge in [-0.05, 0) is 42.5 Å². The van der Waals surface area contributed by atoms with Crippen LogP contribution in [0.1, 0.15) is 15.6 Å². The lowest BCUT2D eigenvalue weighted by Crippen LogP contribution is -3.00. The third-order valence-corrected chi connectivity index (χ3v) is 3.85. The Hall–Kier alpha value is -1.85. The largest absolute Gasteiger partial charge is 1.00 e. The molecule has 1 aromatic heterocycles. The van der Waals surface area contributed by atoms with Gasteiger partial charge in [-0.25, -0.2) is 0 Å². The molecule has 0 unspecified atom stereocenters. The molecule has 0 saturated carbocycles. The van der Waals surface area contributed by atoms with E-state index in [0.717, 1.165) is 27.1 Å². The number of methoxy groups -OCH3 is 2. The van der Waals surface area contributed by atoms with Crippen LogP contribution in [0.4, 0.5) is 0 Å². The molecule has 1 heterocycles. The highest BCUT2D eigenvalue weighted by Gasteiger charge is 2.13. The summed E-state index contributed by atoms with van der Waals surface area (Å²) in [5.74, 6) is 1.56. The van der Waals surface area contributed by atoms with Crippen LogP contribution in [0.5, 0.6) is 11.5 Å². The second-order valence-corrected chi connectivity index (χ2v) is 5.58. The highest BCUT2D eigenvalue weighted by Crippen LogP contribution is 2.26. The summed E-state index contributed by atoms with van der Waals surface area (Å²) in [7, 11) is 3.30. The van der Waals surface area contributed by atoms with Gasteiger partial charge in [-0.1, -0.05) is 11.3 Å². The Morgan fingerprint density at radius 2 is 2.05 bits per heavy atom. The van der Waals surface area contributed by atoms with Crippen molar-refractivity contribution in [3.8, 4) is 11.5 Å². The third kappa shape index (κ3) is 4.32. The fourth-order valence-corrected chi connectivity index (χ4v) is 2.73. The summed E-state index contributed by atoms with van der Waals surface area (Å²) >= 11 is 1.65. The molecule has 118 valence electrons. The zero-order valence-electron chi connectivity index (χ0n) is 12.9. The molecule has 1 aromatic carbocycles. The molecule has 0 bridgehead atoms. The highest BCUT2D eigenvalue weighted by atomic mass is 35.5. The Morgan fingerprint density at radius 3 is 2.68 bits per heavy atom. The summed E-state index contributed by atoms with van der Waals surface area (Å²) in [5, 5.41) is 6.54. The molecule has 0 radical (unpaired) electrons. The molecule has 0 aliphatic rings. The van der Waals surface area contributed by atoms with E-state index in [4.69, 9.17) is 9.47 Å². The van der Waals surface area contributed by atoms with Gasteiger partial charge in [0.1, 0.15) is 11.5 Å². The molecule has 4 nitrogen and oxygen atoms in total. The molecule has 0 fully saturated rings. The molecule has 0 amide bonds. The van der Waals surface area contributed by atoms with Crippen LogP contribution in [-0.4, -0.2) is 19.3 Å². The van der Waals surface area contributed by atoms with Crippen molar-refractivity contribution in [2.45, 2.75) is 13.5 Å². The molecular weight excluding hydrogens is 320 g/mol. The lowest BCUT2D eigenvalue weighted by molar-refractivity contribution is -0.741. The number of allylic oxidation sites excluding steroid dienone is 1. The summed E-state index contributed by atoms with van der Waals surface area (Å²) in [6, 6.07) is 5.76. The molecule has 0 aliphatic heterocycles. The number of hydrogen-bond acceptors (Lipinski definition) is 4. The maximum absolute atomic E-state index is 5.39. The number of ether oxygens (including phenoxy) is 2. The van der Waals surface area contributed by atoms with Gasteiger partial charge in [0.2, 0.25) is 0 Å². The predicted octanol–water partition coefficient (Wildman–Crippen LogP) is 0.117. The standard InChI is InChI=1S/C16H19N2O2S.ClH/c1-5-10-18-16(21-12(2)17-18)9-7-13-6-8-14(19-3)11-15(13)20-4;/h5-9,11H,1,10H2,2-4H3;1H/q+1;/p-1/b9-7+;. The first-order chi connectivity index (χ1) is 10.2. The van der Waals surface area contributed by atoms with Crippen LogP contribution in [0.3, 0.4) is 0 Å². The van der Waals surface area contributed by atoms with Gasteiger partial charge in [0, 0.05) is 22.8 Å². The van der Waals surface area contributed by atoms with Gasteiger partial charge in [0.05, 0.1) is 14.2 Å². The Labute approximate surface area is 141 Å². The van der Waals surface area contributed by atoms with Gasteiger partial charge in [-0.3, -0.25) is 0 Å². The van der Waals surface area contributed by atoms with Crippen LogP contribution in [0.15, 0.2) is 30.9 Å². The summed E-state index contributed by atoms with van der Waals surface area (Å²) < 4.78 is 12.5. The van der Waals surface area contributed by atoms with E-state index in [1.165, 1.54) is 0 Å².